The molecule has 18 heavy (non-hydrogen) atoms. The van der Waals surface area contributed by atoms with Crippen molar-refractivity contribution < 1.29 is 19.4 Å². The van der Waals surface area contributed by atoms with E-state index in [1.165, 1.54) is 0 Å². The van der Waals surface area contributed by atoms with Gasteiger partial charge in [-0.15, -0.1) is 0 Å². The van der Waals surface area contributed by atoms with Crippen LogP contribution in [-0.4, -0.2) is 35.9 Å². The van der Waals surface area contributed by atoms with Crippen molar-refractivity contribution in [2.24, 2.45) is 0 Å². The van der Waals surface area contributed by atoms with E-state index in [1.807, 2.05) is 0 Å². The minimum absolute atomic E-state index is 0.0704. The molecule has 1 unspecified atom stereocenters. The van der Waals surface area contributed by atoms with Crippen molar-refractivity contribution >= 4 is 28.0 Å². The minimum Gasteiger partial charge on any atom is -0.458 e. The van der Waals surface area contributed by atoms with Gasteiger partial charge in [-0.2, -0.15) is 0 Å². The molecule has 0 aliphatic carbocycles. The highest BCUT2D eigenvalue weighted by molar-refractivity contribution is 9.09. The Hall–Kier alpha value is -1.17. The maximum absolute atomic E-state index is 11.6. The predicted octanol–water partition coefficient (Wildman–Crippen LogP) is 2.22. The second-order valence-corrected chi connectivity index (χ2v) is 4.45. The maximum Gasteiger partial charge on any atom is 0.338 e. The van der Waals surface area contributed by atoms with Crippen molar-refractivity contribution in [1.82, 2.24) is 0 Å². The fourth-order valence-corrected chi connectivity index (χ4v) is 1.53. The van der Waals surface area contributed by atoms with Crippen molar-refractivity contribution in [1.29, 1.82) is 0 Å². The highest BCUT2D eigenvalue weighted by atomic mass is 79.9. The summed E-state index contributed by atoms with van der Waals surface area (Å²) in [6.07, 6.45) is 1.70. The van der Waals surface area contributed by atoms with Gasteiger partial charge in [0, 0.05) is 0 Å². The molecule has 4 nitrogen and oxygen atoms in total. The molecule has 5 heteroatoms. The number of esters is 1. The van der Waals surface area contributed by atoms with Gasteiger partial charge in [0.1, 0.15) is 11.6 Å². The third kappa shape index (κ3) is 5.00. The van der Waals surface area contributed by atoms with Gasteiger partial charge in [-0.3, -0.25) is 0 Å². The highest BCUT2D eigenvalue weighted by Gasteiger charge is 2.10. The Morgan fingerprint density at radius 2 is 2.11 bits per heavy atom. The number of carbonyl (C=O) groups excluding carboxylic acids is 1. The van der Waals surface area contributed by atoms with Gasteiger partial charge in [0.15, 0.2) is 0 Å². The molecule has 0 spiro atoms. The first-order valence-electron chi connectivity index (χ1n) is 5.43. The summed E-state index contributed by atoms with van der Waals surface area (Å²) in [6.45, 7) is 3.85. The Labute approximate surface area is 114 Å². The zero-order valence-corrected chi connectivity index (χ0v) is 11.4. The van der Waals surface area contributed by atoms with Gasteiger partial charge in [-0.25, -0.2) is 4.79 Å². The summed E-state index contributed by atoms with van der Waals surface area (Å²) in [5.74, 6) is -0.414. The zero-order chi connectivity index (χ0) is 13.4. The molecule has 0 fully saturated rings. The molecule has 0 saturated heterocycles. The molecule has 1 aromatic rings. The van der Waals surface area contributed by atoms with Crippen LogP contribution in [0, 0.1) is 0 Å². The molecule has 0 radical (unpaired) electrons. The number of aliphatic hydroxyl groups is 1. The summed E-state index contributed by atoms with van der Waals surface area (Å²) in [6, 6.07) is 6.93. The maximum atomic E-state index is 11.6. The summed E-state index contributed by atoms with van der Waals surface area (Å²) in [5, 5.41) is 8.14. The average molecular weight is 315 g/mol. The zero-order valence-electron chi connectivity index (χ0n) is 9.84. The van der Waals surface area contributed by atoms with E-state index < -0.39 is 11.0 Å². The van der Waals surface area contributed by atoms with Crippen LogP contribution < -0.4 is 0 Å². The third-order valence-electron chi connectivity index (χ3n) is 2.12. The van der Waals surface area contributed by atoms with Gasteiger partial charge in [-0.05, 0) is 17.7 Å². The molecule has 0 aliphatic rings. The Balaban J connectivity index is 2.42. The van der Waals surface area contributed by atoms with Crippen molar-refractivity contribution in [2.75, 3.05) is 19.8 Å². The normalized spacial score (nSPS) is 11.9. The lowest BCUT2D eigenvalue weighted by atomic mass is 10.1. The summed E-state index contributed by atoms with van der Waals surface area (Å²) in [4.78, 5) is 11.6. The summed E-state index contributed by atoms with van der Waals surface area (Å²) in [7, 11) is 0. The van der Waals surface area contributed by atoms with Crippen LogP contribution >= 0.6 is 15.9 Å². The number of ether oxygens (including phenoxy) is 2. The molecule has 1 aromatic carbocycles. The Kier molecular flexibility index (Phi) is 6.64. The molecule has 0 aromatic heterocycles. The molecule has 0 saturated carbocycles. The van der Waals surface area contributed by atoms with Crippen LogP contribution in [0.15, 0.2) is 30.8 Å². The lowest BCUT2D eigenvalue weighted by Crippen LogP contribution is -2.18. The predicted molar refractivity (Wildman–Crippen MR) is 72.6 cm³/mol. The van der Waals surface area contributed by atoms with Crippen LogP contribution in [-0.2, 0) is 9.47 Å². The van der Waals surface area contributed by atoms with Crippen molar-refractivity contribution in [3.63, 3.8) is 0 Å². The van der Waals surface area contributed by atoms with E-state index in [2.05, 4.69) is 22.5 Å². The standard InChI is InChI=1S/C13H15BrO4/c1-2-10-3-5-11(6-4-10)13(16)18-9-12(14)17-8-7-15/h2-6,12,15H,1,7-9H2. The fourth-order valence-electron chi connectivity index (χ4n) is 1.21. The number of aliphatic hydroxyl groups excluding tert-OH is 1. The van der Waals surface area contributed by atoms with E-state index in [4.69, 9.17) is 14.6 Å². The molecule has 1 N–H and O–H groups in total. The van der Waals surface area contributed by atoms with E-state index >= 15 is 0 Å². The van der Waals surface area contributed by atoms with Gasteiger partial charge in [0.05, 0.1) is 18.8 Å². The van der Waals surface area contributed by atoms with Gasteiger partial charge in [0.25, 0.3) is 0 Å². The lowest BCUT2D eigenvalue weighted by Gasteiger charge is -2.11. The molecule has 98 valence electrons. The van der Waals surface area contributed by atoms with Crippen LogP contribution in [0.3, 0.4) is 0 Å². The first-order chi connectivity index (χ1) is 8.67. The molecular weight excluding hydrogens is 300 g/mol. The summed E-state index contributed by atoms with van der Waals surface area (Å²) < 4.78 is 10.1. The smallest absolute Gasteiger partial charge is 0.338 e. The summed E-state index contributed by atoms with van der Waals surface area (Å²) in [5.41, 5.74) is 1.42. The van der Waals surface area contributed by atoms with E-state index in [9.17, 15) is 4.79 Å². The number of hydrogen-bond acceptors (Lipinski definition) is 4. The quantitative estimate of drug-likeness (QED) is 0.619. The monoisotopic (exact) mass is 314 g/mol. The number of carbonyl (C=O) groups is 1. The van der Waals surface area contributed by atoms with Crippen LogP contribution in [0.4, 0.5) is 0 Å². The van der Waals surface area contributed by atoms with Crippen molar-refractivity contribution in [3.05, 3.63) is 42.0 Å². The fraction of sp³-hybridized carbons (Fsp3) is 0.308. The minimum atomic E-state index is -0.416. The number of hydrogen-bond donors (Lipinski definition) is 1. The second-order valence-electron chi connectivity index (χ2n) is 3.43. The SMILES string of the molecule is C=Cc1ccc(C(=O)OCC(Br)OCCO)cc1. The highest BCUT2D eigenvalue weighted by Crippen LogP contribution is 2.09. The molecule has 0 aliphatic heterocycles. The lowest BCUT2D eigenvalue weighted by molar-refractivity contribution is 0.0173. The number of alkyl halides is 1. The van der Waals surface area contributed by atoms with E-state index in [0.717, 1.165) is 5.56 Å². The van der Waals surface area contributed by atoms with E-state index in [1.54, 1.807) is 30.3 Å². The Bertz CT molecular complexity index is 388. The van der Waals surface area contributed by atoms with E-state index in [0.29, 0.717) is 5.56 Å². The first-order valence-corrected chi connectivity index (χ1v) is 6.35. The Morgan fingerprint density at radius 1 is 1.44 bits per heavy atom. The van der Waals surface area contributed by atoms with Crippen LogP contribution in [0.5, 0.6) is 0 Å². The first kappa shape index (κ1) is 14.9. The number of halogens is 1. The van der Waals surface area contributed by atoms with Gasteiger partial charge < -0.3 is 14.6 Å². The topological polar surface area (TPSA) is 55.8 Å². The van der Waals surface area contributed by atoms with Gasteiger partial charge in [-0.1, -0.05) is 40.7 Å². The largest absolute Gasteiger partial charge is 0.458 e. The van der Waals surface area contributed by atoms with Gasteiger partial charge in [0.2, 0.25) is 0 Å². The van der Waals surface area contributed by atoms with Gasteiger partial charge >= 0.3 is 5.97 Å². The average Bonchev–Trinajstić information content (AvgIpc) is 2.42. The number of benzene rings is 1. The molecule has 0 bridgehead atoms. The number of rotatable bonds is 7. The second kappa shape index (κ2) is 8.02. The summed E-state index contributed by atoms with van der Waals surface area (Å²) >= 11 is 3.18. The van der Waals surface area contributed by atoms with Crippen molar-refractivity contribution in [3.8, 4) is 0 Å². The molecular formula is C13H15BrO4. The van der Waals surface area contributed by atoms with Crippen LogP contribution in [0.1, 0.15) is 15.9 Å². The third-order valence-corrected chi connectivity index (χ3v) is 2.65. The van der Waals surface area contributed by atoms with Crippen LogP contribution in [0.2, 0.25) is 0 Å². The Morgan fingerprint density at radius 3 is 2.67 bits per heavy atom. The molecule has 1 rings (SSSR count). The molecule has 0 heterocycles. The van der Waals surface area contributed by atoms with Crippen molar-refractivity contribution in [2.45, 2.75) is 5.01 Å². The van der Waals surface area contributed by atoms with Crippen LogP contribution in [0.25, 0.3) is 6.08 Å². The van der Waals surface area contributed by atoms with E-state index in [-0.39, 0.29) is 19.8 Å². The molecule has 0 amide bonds. The molecule has 1 atom stereocenters.